The number of carbonyl (C=O) groups is 2. The van der Waals surface area contributed by atoms with E-state index in [1.54, 1.807) is 4.90 Å². The van der Waals surface area contributed by atoms with E-state index in [-0.39, 0.29) is 12.1 Å². The van der Waals surface area contributed by atoms with Crippen molar-refractivity contribution in [3.8, 4) is 0 Å². The molecule has 5 nitrogen and oxygen atoms in total. The van der Waals surface area contributed by atoms with E-state index in [4.69, 9.17) is 4.74 Å². The largest absolute Gasteiger partial charge is 0.481 e. The van der Waals surface area contributed by atoms with Crippen molar-refractivity contribution >= 4 is 12.1 Å². The fourth-order valence-electron chi connectivity index (χ4n) is 2.99. The monoisotopic (exact) mass is 255 g/mol. The van der Waals surface area contributed by atoms with Crippen molar-refractivity contribution in [1.82, 2.24) is 4.90 Å². The molecule has 1 amide bonds. The van der Waals surface area contributed by atoms with Gasteiger partial charge >= 0.3 is 12.1 Å². The second kappa shape index (κ2) is 4.14. The molecule has 1 saturated carbocycles. The van der Waals surface area contributed by atoms with E-state index in [0.717, 1.165) is 12.8 Å². The number of hydrogen-bond donors (Lipinski definition) is 1. The Bertz CT molecular complexity index is 374. The number of rotatable bonds is 1. The molecule has 2 bridgehead atoms. The van der Waals surface area contributed by atoms with E-state index in [1.807, 2.05) is 20.8 Å². The summed E-state index contributed by atoms with van der Waals surface area (Å²) in [4.78, 5) is 25.1. The van der Waals surface area contributed by atoms with Crippen molar-refractivity contribution in [2.45, 2.75) is 58.1 Å². The third-order valence-electron chi connectivity index (χ3n) is 3.81. The maximum Gasteiger partial charge on any atom is 0.410 e. The van der Waals surface area contributed by atoms with Crippen LogP contribution < -0.4 is 0 Å². The van der Waals surface area contributed by atoms with E-state index < -0.39 is 17.0 Å². The number of carboxylic acid groups (broad SMARTS) is 1. The molecule has 0 aromatic heterocycles. The number of carboxylic acids is 1. The van der Waals surface area contributed by atoms with Crippen molar-refractivity contribution in [1.29, 1.82) is 0 Å². The van der Waals surface area contributed by atoms with E-state index in [9.17, 15) is 14.7 Å². The van der Waals surface area contributed by atoms with Gasteiger partial charge in [0.15, 0.2) is 0 Å². The Morgan fingerprint density at radius 1 is 1.39 bits per heavy atom. The standard InChI is InChI=1S/C13H21NO4/c1-12(2,3)18-11(17)14-8-13(10(15)16)6-4-5-9(14)7-13/h9H,4-8H2,1-3H3,(H,15,16). The van der Waals surface area contributed by atoms with Crippen molar-refractivity contribution < 1.29 is 19.4 Å². The molecule has 0 radical (unpaired) electrons. The first kappa shape index (κ1) is 13.2. The Kier molecular flexibility index (Phi) is 3.03. The van der Waals surface area contributed by atoms with Crippen LogP contribution in [-0.4, -0.2) is 40.3 Å². The van der Waals surface area contributed by atoms with E-state index in [2.05, 4.69) is 0 Å². The van der Waals surface area contributed by atoms with Crippen molar-refractivity contribution in [2.24, 2.45) is 5.41 Å². The first-order valence-corrected chi connectivity index (χ1v) is 6.47. The van der Waals surface area contributed by atoms with Gasteiger partial charge in [0, 0.05) is 12.6 Å². The molecule has 18 heavy (non-hydrogen) atoms. The number of carbonyl (C=O) groups excluding carboxylic acids is 1. The zero-order valence-electron chi connectivity index (χ0n) is 11.2. The van der Waals surface area contributed by atoms with Crippen LogP contribution in [0.15, 0.2) is 0 Å². The van der Waals surface area contributed by atoms with Crippen LogP contribution in [-0.2, 0) is 9.53 Å². The van der Waals surface area contributed by atoms with Crippen molar-refractivity contribution in [3.05, 3.63) is 0 Å². The molecule has 1 heterocycles. The smallest absolute Gasteiger partial charge is 0.410 e. The lowest BCUT2D eigenvalue weighted by molar-refractivity contribution is -0.149. The Labute approximate surface area is 107 Å². The van der Waals surface area contributed by atoms with Gasteiger partial charge in [-0.1, -0.05) is 6.42 Å². The predicted molar refractivity (Wildman–Crippen MR) is 65.3 cm³/mol. The zero-order valence-corrected chi connectivity index (χ0v) is 11.2. The summed E-state index contributed by atoms with van der Waals surface area (Å²) < 4.78 is 5.35. The molecule has 0 aromatic carbocycles. The molecule has 1 N–H and O–H groups in total. The number of fused-ring (bicyclic) bond motifs is 2. The van der Waals surface area contributed by atoms with Gasteiger partial charge in [0.1, 0.15) is 5.60 Å². The predicted octanol–water partition coefficient (Wildman–Crippen LogP) is 2.25. The lowest BCUT2D eigenvalue weighted by Gasteiger charge is -2.28. The number of amides is 1. The zero-order chi connectivity index (χ0) is 13.6. The molecule has 2 rings (SSSR count). The van der Waals surface area contributed by atoms with Gasteiger partial charge in [-0.2, -0.15) is 0 Å². The Morgan fingerprint density at radius 2 is 2.06 bits per heavy atom. The lowest BCUT2D eigenvalue weighted by Crippen LogP contribution is -2.40. The quantitative estimate of drug-likeness (QED) is 0.780. The van der Waals surface area contributed by atoms with Crippen molar-refractivity contribution in [2.75, 3.05) is 6.54 Å². The van der Waals surface area contributed by atoms with Crippen LogP contribution in [0.2, 0.25) is 0 Å². The highest BCUT2D eigenvalue weighted by Gasteiger charge is 2.53. The molecule has 2 fully saturated rings. The second-order valence-corrected chi connectivity index (χ2v) is 6.44. The highest BCUT2D eigenvalue weighted by Crippen LogP contribution is 2.45. The van der Waals surface area contributed by atoms with Gasteiger partial charge < -0.3 is 14.7 Å². The SMILES string of the molecule is CC(C)(C)OC(=O)N1CC2(C(=O)O)CCCC1C2. The Hall–Kier alpha value is -1.26. The average molecular weight is 255 g/mol. The second-order valence-electron chi connectivity index (χ2n) is 6.44. The van der Waals surface area contributed by atoms with Crippen LogP contribution in [0, 0.1) is 5.41 Å². The van der Waals surface area contributed by atoms with Gasteiger partial charge in [-0.25, -0.2) is 4.79 Å². The summed E-state index contributed by atoms with van der Waals surface area (Å²) in [6.45, 7) is 5.75. The van der Waals surface area contributed by atoms with Crippen LogP contribution in [0.25, 0.3) is 0 Å². The number of likely N-dealkylation sites (tertiary alicyclic amines) is 1. The van der Waals surface area contributed by atoms with Crippen LogP contribution in [0.5, 0.6) is 0 Å². The van der Waals surface area contributed by atoms with Gasteiger partial charge in [0.05, 0.1) is 5.41 Å². The summed E-state index contributed by atoms with van der Waals surface area (Å²) >= 11 is 0. The fourth-order valence-corrected chi connectivity index (χ4v) is 2.99. The van der Waals surface area contributed by atoms with Gasteiger partial charge in [-0.05, 0) is 40.0 Å². The van der Waals surface area contributed by atoms with Crippen LogP contribution in [0.3, 0.4) is 0 Å². The molecule has 102 valence electrons. The number of aliphatic carboxylic acids is 1. The molecule has 2 aliphatic rings. The average Bonchev–Trinajstić information content (AvgIpc) is 2.49. The Balaban J connectivity index is 2.12. The van der Waals surface area contributed by atoms with Gasteiger partial charge in [-0.15, -0.1) is 0 Å². The maximum atomic E-state index is 12.1. The molecule has 5 heteroatoms. The van der Waals surface area contributed by atoms with Crippen LogP contribution in [0.1, 0.15) is 46.5 Å². The highest BCUT2D eigenvalue weighted by atomic mass is 16.6. The van der Waals surface area contributed by atoms with E-state index in [0.29, 0.717) is 19.4 Å². The number of ether oxygens (including phenoxy) is 1. The first-order valence-electron chi connectivity index (χ1n) is 6.47. The first-order chi connectivity index (χ1) is 8.23. The fraction of sp³-hybridized carbons (Fsp3) is 0.846. The molecule has 1 aliphatic heterocycles. The third kappa shape index (κ3) is 2.31. The minimum Gasteiger partial charge on any atom is -0.481 e. The van der Waals surface area contributed by atoms with Crippen LogP contribution in [0.4, 0.5) is 4.79 Å². The summed E-state index contributed by atoms with van der Waals surface area (Å²) in [6.07, 6.45) is 2.61. The minimum atomic E-state index is -0.779. The van der Waals surface area contributed by atoms with Gasteiger partial charge in [0.2, 0.25) is 0 Å². The minimum absolute atomic E-state index is 0.0321. The molecule has 0 spiro atoms. The van der Waals surface area contributed by atoms with E-state index in [1.165, 1.54) is 0 Å². The summed E-state index contributed by atoms with van der Waals surface area (Å²) in [7, 11) is 0. The summed E-state index contributed by atoms with van der Waals surface area (Å²) in [5, 5.41) is 9.37. The topological polar surface area (TPSA) is 66.8 Å². The van der Waals surface area contributed by atoms with E-state index >= 15 is 0 Å². The summed E-state index contributed by atoms with van der Waals surface area (Å²) in [6, 6.07) is 0.0321. The molecular formula is C13H21NO4. The Morgan fingerprint density at radius 3 is 2.56 bits per heavy atom. The third-order valence-corrected chi connectivity index (χ3v) is 3.81. The molecule has 2 atom stereocenters. The summed E-state index contributed by atoms with van der Waals surface area (Å²) in [5.41, 5.74) is -1.27. The van der Waals surface area contributed by atoms with Gasteiger partial charge in [0.25, 0.3) is 0 Å². The van der Waals surface area contributed by atoms with Crippen molar-refractivity contribution in [3.63, 3.8) is 0 Å². The van der Waals surface area contributed by atoms with Crippen LogP contribution >= 0.6 is 0 Å². The molecular weight excluding hydrogens is 234 g/mol. The molecule has 1 saturated heterocycles. The maximum absolute atomic E-state index is 12.1. The number of nitrogens with zero attached hydrogens (tertiary/aromatic N) is 1. The molecule has 1 aliphatic carbocycles. The normalized spacial score (nSPS) is 31.3. The van der Waals surface area contributed by atoms with Gasteiger partial charge in [-0.3, -0.25) is 4.79 Å². The number of hydrogen-bond acceptors (Lipinski definition) is 3. The summed E-state index contributed by atoms with van der Waals surface area (Å²) in [5.74, 6) is -0.779. The lowest BCUT2D eigenvalue weighted by atomic mass is 9.76. The molecule has 0 aromatic rings. The highest BCUT2D eigenvalue weighted by molar-refractivity contribution is 5.78. The molecule has 2 unspecified atom stereocenters.